The van der Waals surface area contributed by atoms with Crippen LogP contribution in [0, 0.1) is 29.1 Å². The third kappa shape index (κ3) is 2.59. The van der Waals surface area contributed by atoms with Crippen molar-refractivity contribution in [3.8, 4) is 6.07 Å². The van der Waals surface area contributed by atoms with Gasteiger partial charge < -0.3 is 5.11 Å². The van der Waals surface area contributed by atoms with Crippen molar-refractivity contribution < 1.29 is 19.5 Å². The van der Waals surface area contributed by atoms with Gasteiger partial charge in [0.15, 0.2) is 0 Å². The van der Waals surface area contributed by atoms with Crippen LogP contribution >= 0.6 is 0 Å². The standard InChI is InChI=1S/C18H19N3O4/c1-9(2)7-18(17(24)25)13-12(15(22)20-16(13)23)14(21-18)11-5-3-4-10(6-11)8-19/h3-6,9,12-14,21H,7H2,1-2H3,(H,24,25)(H,20,22,23). The molecule has 0 aliphatic carbocycles. The summed E-state index contributed by atoms with van der Waals surface area (Å²) in [5, 5.41) is 24.4. The molecule has 0 bridgehead atoms. The summed E-state index contributed by atoms with van der Waals surface area (Å²) in [5.41, 5.74) is -0.467. The summed E-state index contributed by atoms with van der Waals surface area (Å²) in [6, 6.07) is 8.07. The van der Waals surface area contributed by atoms with E-state index in [0.717, 1.165) is 0 Å². The number of hydrogen-bond donors (Lipinski definition) is 3. The highest BCUT2D eigenvalue weighted by Gasteiger charge is 2.66. The van der Waals surface area contributed by atoms with Gasteiger partial charge in [0, 0.05) is 6.04 Å². The summed E-state index contributed by atoms with van der Waals surface area (Å²) < 4.78 is 0. The summed E-state index contributed by atoms with van der Waals surface area (Å²) >= 11 is 0. The van der Waals surface area contributed by atoms with E-state index >= 15 is 0 Å². The number of nitriles is 1. The van der Waals surface area contributed by atoms with Gasteiger partial charge >= 0.3 is 5.97 Å². The predicted molar refractivity (Wildman–Crippen MR) is 87.0 cm³/mol. The van der Waals surface area contributed by atoms with Gasteiger partial charge in [-0.3, -0.25) is 25.0 Å². The summed E-state index contributed by atoms with van der Waals surface area (Å²) in [6.45, 7) is 3.75. The lowest BCUT2D eigenvalue weighted by Gasteiger charge is -2.31. The van der Waals surface area contributed by atoms with E-state index in [9.17, 15) is 19.5 Å². The van der Waals surface area contributed by atoms with Crippen LogP contribution in [-0.4, -0.2) is 28.4 Å². The Morgan fingerprint density at radius 3 is 2.68 bits per heavy atom. The van der Waals surface area contributed by atoms with E-state index < -0.39 is 41.2 Å². The van der Waals surface area contributed by atoms with E-state index in [1.807, 2.05) is 19.9 Å². The quantitative estimate of drug-likeness (QED) is 0.702. The molecule has 2 aliphatic rings. The molecule has 7 nitrogen and oxygen atoms in total. The molecule has 4 unspecified atom stereocenters. The second-order valence-electron chi connectivity index (χ2n) is 7.09. The van der Waals surface area contributed by atoms with Crippen LogP contribution in [-0.2, 0) is 14.4 Å². The molecule has 0 radical (unpaired) electrons. The van der Waals surface area contributed by atoms with Gasteiger partial charge in [-0.15, -0.1) is 0 Å². The van der Waals surface area contributed by atoms with Gasteiger partial charge in [0.05, 0.1) is 23.5 Å². The fraction of sp³-hybridized carbons (Fsp3) is 0.444. The van der Waals surface area contributed by atoms with Crippen molar-refractivity contribution in [3.05, 3.63) is 35.4 Å². The van der Waals surface area contributed by atoms with Crippen molar-refractivity contribution in [3.63, 3.8) is 0 Å². The Morgan fingerprint density at radius 2 is 2.08 bits per heavy atom. The van der Waals surface area contributed by atoms with Crippen LogP contribution in [0.3, 0.4) is 0 Å². The highest BCUT2D eigenvalue weighted by atomic mass is 16.4. The van der Waals surface area contributed by atoms with Gasteiger partial charge in [0.25, 0.3) is 0 Å². The molecule has 130 valence electrons. The Kier molecular flexibility index (Phi) is 4.09. The van der Waals surface area contributed by atoms with Crippen LogP contribution < -0.4 is 10.6 Å². The molecule has 1 aromatic rings. The third-order valence-electron chi connectivity index (χ3n) is 4.98. The van der Waals surface area contributed by atoms with Crippen LogP contribution in [0.4, 0.5) is 0 Å². The van der Waals surface area contributed by atoms with Crippen LogP contribution in [0.25, 0.3) is 0 Å². The average Bonchev–Trinajstić information content (AvgIpc) is 3.05. The molecule has 2 aliphatic heterocycles. The maximum absolute atomic E-state index is 12.4. The number of fused-ring (bicyclic) bond motifs is 1. The van der Waals surface area contributed by atoms with Crippen LogP contribution in [0.5, 0.6) is 0 Å². The molecule has 0 saturated carbocycles. The van der Waals surface area contributed by atoms with Gasteiger partial charge in [-0.25, -0.2) is 0 Å². The molecule has 1 aromatic carbocycles. The minimum Gasteiger partial charge on any atom is -0.480 e. The highest BCUT2D eigenvalue weighted by molar-refractivity contribution is 6.09. The number of amides is 2. The van der Waals surface area contributed by atoms with E-state index in [-0.39, 0.29) is 12.3 Å². The molecule has 2 fully saturated rings. The van der Waals surface area contributed by atoms with Crippen LogP contribution in [0.1, 0.15) is 37.4 Å². The van der Waals surface area contributed by atoms with Crippen molar-refractivity contribution in [2.75, 3.05) is 0 Å². The first kappa shape index (κ1) is 17.1. The Bertz CT molecular complexity index is 798. The number of nitrogens with zero attached hydrogens (tertiary/aromatic N) is 1. The van der Waals surface area contributed by atoms with Gasteiger partial charge in [-0.2, -0.15) is 5.26 Å². The number of carbonyl (C=O) groups is 3. The minimum atomic E-state index is -1.51. The number of hydrogen-bond acceptors (Lipinski definition) is 5. The molecule has 3 rings (SSSR count). The largest absolute Gasteiger partial charge is 0.480 e. The molecule has 2 saturated heterocycles. The lowest BCUT2D eigenvalue weighted by Crippen LogP contribution is -2.56. The lowest BCUT2D eigenvalue weighted by molar-refractivity contribution is -0.150. The summed E-state index contributed by atoms with van der Waals surface area (Å²) in [4.78, 5) is 36.9. The number of nitrogens with one attached hydrogen (secondary N) is 2. The molecular formula is C18H19N3O4. The first-order valence-electron chi connectivity index (χ1n) is 8.16. The van der Waals surface area contributed by atoms with E-state index in [0.29, 0.717) is 11.1 Å². The topological polar surface area (TPSA) is 119 Å². The molecule has 0 spiro atoms. The summed E-state index contributed by atoms with van der Waals surface area (Å²) in [5.74, 6) is -3.94. The highest BCUT2D eigenvalue weighted by Crippen LogP contribution is 2.48. The number of carboxylic acids is 1. The van der Waals surface area contributed by atoms with Crippen LogP contribution in [0.2, 0.25) is 0 Å². The normalized spacial score (nSPS) is 30.9. The van der Waals surface area contributed by atoms with Gasteiger partial charge in [0.1, 0.15) is 5.54 Å². The average molecular weight is 341 g/mol. The zero-order valence-corrected chi connectivity index (χ0v) is 13.9. The Morgan fingerprint density at radius 1 is 1.36 bits per heavy atom. The zero-order chi connectivity index (χ0) is 18.4. The Hall–Kier alpha value is -2.72. The Balaban J connectivity index is 2.12. The first-order chi connectivity index (χ1) is 11.8. The number of carboxylic acid groups (broad SMARTS) is 1. The number of rotatable bonds is 4. The van der Waals surface area contributed by atoms with Gasteiger partial charge in [0.2, 0.25) is 11.8 Å². The zero-order valence-electron chi connectivity index (χ0n) is 13.9. The van der Waals surface area contributed by atoms with E-state index in [1.165, 1.54) is 0 Å². The number of carbonyl (C=O) groups excluding carboxylic acids is 2. The third-order valence-corrected chi connectivity index (χ3v) is 4.98. The number of benzene rings is 1. The van der Waals surface area contributed by atoms with E-state index in [4.69, 9.17) is 5.26 Å². The van der Waals surface area contributed by atoms with Crippen molar-refractivity contribution in [1.82, 2.24) is 10.6 Å². The van der Waals surface area contributed by atoms with Crippen molar-refractivity contribution in [2.45, 2.75) is 31.8 Å². The smallest absolute Gasteiger partial charge is 0.324 e. The molecule has 3 N–H and O–H groups in total. The summed E-state index contributed by atoms with van der Waals surface area (Å²) in [6.07, 6.45) is 0.221. The van der Waals surface area contributed by atoms with Gasteiger partial charge in [-0.1, -0.05) is 26.0 Å². The fourth-order valence-electron chi connectivity index (χ4n) is 4.13. The molecule has 7 heteroatoms. The second-order valence-corrected chi connectivity index (χ2v) is 7.09. The van der Waals surface area contributed by atoms with E-state index in [1.54, 1.807) is 24.3 Å². The second kappa shape index (κ2) is 5.97. The fourth-order valence-corrected chi connectivity index (χ4v) is 4.13. The minimum absolute atomic E-state index is 0.0111. The van der Waals surface area contributed by atoms with Crippen molar-refractivity contribution >= 4 is 17.8 Å². The summed E-state index contributed by atoms with van der Waals surface area (Å²) in [7, 11) is 0. The molecule has 2 amide bonds. The molecule has 2 heterocycles. The van der Waals surface area contributed by atoms with Crippen LogP contribution in [0.15, 0.2) is 24.3 Å². The molecule has 0 aromatic heterocycles. The number of aliphatic carboxylic acids is 1. The monoisotopic (exact) mass is 341 g/mol. The lowest BCUT2D eigenvalue weighted by atomic mass is 9.75. The molecule has 25 heavy (non-hydrogen) atoms. The maximum atomic E-state index is 12.4. The first-order valence-corrected chi connectivity index (χ1v) is 8.16. The molecular weight excluding hydrogens is 322 g/mol. The van der Waals surface area contributed by atoms with E-state index in [2.05, 4.69) is 10.6 Å². The van der Waals surface area contributed by atoms with Gasteiger partial charge in [-0.05, 0) is 30.0 Å². The SMILES string of the molecule is CC(C)CC1(C(=O)O)NC(c2cccc(C#N)c2)C2C(=O)NC(=O)C21. The number of imide groups is 1. The van der Waals surface area contributed by atoms with Crippen molar-refractivity contribution in [2.24, 2.45) is 17.8 Å². The van der Waals surface area contributed by atoms with Crippen molar-refractivity contribution in [1.29, 1.82) is 5.26 Å². The predicted octanol–water partition coefficient (Wildman–Crippen LogP) is 0.961. The Labute approximate surface area is 145 Å². The maximum Gasteiger partial charge on any atom is 0.324 e. The molecule has 4 atom stereocenters.